The predicted octanol–water partition coefficient (Wildman–Crippen LogP) is 0.717. The van der Waals surface area contributed by atoms with Gasteiger partial charge in [-0.3, -0.25) is 10.2 Å². The number of nitrogens with zero attached hydrogens (tertiary/aromatic N) is 1. The second-order valence-corrected chi connectivity index (χ2v) is 5.19. The van der Waals surface area contributed by atoms with Gasteiger partial charge < -0.3 is 5.73 Å². The predicted molar refractivity (Wildman–Crippen MR) is 68.2 cm³/mol. The first-order chi connectivity index (χ1) is 7.67. The van der Waals surface area contributed by atoms with E-state index in [0.29, 0.717) is 5.01 Å². The van der Waals surface area contributed by atoms with E-state index in [2.05, 4.69) is 17.3 Å². The van der Waals surface area contributed by atoms with Crippen LogP contribution in [0.5, 0.6) is 0 Å². The maximum absolute atomic E-state index is 11.1. The summed E-state index contributed by atoms with van der Waals surface area (Å²) in [5.41, 5.74) is 8.75. The molecule has 1 rings (SSSR count). The minimum Gasteiger partial charge on any atom is -0.327 e. The molecule has 1 aromatic heterocycles. The summed E-state index contributed by atoms with van der Waals surface area (Å²) in [7, 11) is 0. The van der Waals surface area contributed by atoms with E-state index < -0.39 is 0 Å². The molecule has 1 unspecified atom stereocenters. The Kier molecular flexibility index (Phi) is 5.75. The van der Waals surface area contributed by atoms with Crippen molar-refractivity contribution in [3.63, 3.8) is 0 Å². The summed E-state index contributed by atoms with van der Waals surface area (Å²) < 4.78 is 0. The van der Waals surface area contributed by atoms with Gasteiger partial charge in [0.1, 0.15) is 0 Å². The number of nitrogens with two attached hydrogens (primary N) is 2. The van der Waals surface area contributed by atoms with Crippen molar-refractivity contribution >= 4 is 29.0 Å². The number of rotatable bonds is 6. The zero-order valence-electron chi connectivity index (χ0n) is 9.10. The standard InChI is InChI=1S/C9H16N4OS2/c1-2-6(10)3-15-4-7-5-16-9(12-7)8(14)13-11/h5-6H,2-4,10-11H2,1H3,(H,13,14). The van der Waals surface area contributed by atoms with Gasteiger partial charge in [-0.25, -0.2) is 10.8 Å². The number of carbonyl (C=O) groups excluding carboxylic acids is 1. The molecule has 0 aliphatic heterocycles. The van der Waals surface area contributed by atoms with Crippen molar-refractivity contribution in [2.75, 3.05) is 5.75 Å². The molecule has 0 fully saturated rings. The van der Waals surface area contributed by atoms with Crippen molar-refractivity contribution in [1.82, 2.24) is 10.4 Å². The number of hydrogen-bond acceptors (Lipinski definition) is 6. The van der Waals surface area contributed by atoms with Crippen LogP contribution in [0.1, 0.15) is 28.8 Å². The minimum atomic E-state index is -0.341. The molecule has 1 atom stereocenters. The third kappa shape index (κ3) is 4.09. The Bertz CT molecular complexity index is 342. The van der Waals surface area contributed by atoms with Crippen molar-refractivity contribution in [1.29, 1.82) is 0 Å². The normalized spacial score (nSPS) is 12.4. The Morgan fingerprint density at radius 3 is 3.12 bits per heavy atom. The first kappa shape index (κ1) is 13.4. The number of amides is 1. The number of nitrogen functional groups attached to an aromatic ring is 1. The molecule has 1 amide bonds. The van der Waals surface area contributed by atoms with Crippen LogP contribution in [0.4, 0.5) is 0 Å². The summed E-state index contributed by atoms with van der Waals surface area (Å²) >= 11 is 3.03. The van der Waals surface area contributed by atoms with Gasteiger partial charge >= 0.3 is 0 Å². The van der Waals surface area contributed by atoms with Gasteiger partial charge in [0.15, 0.2) is 5.01 Å². The Labute approximate surface area is 103 Å². The number of carbonyl (C=O) groups is 1. The molecule has 16 heavy (non-hydrogen) atoms. The van der Waals surface area contributed by atoms with Crippen molar-refractivity contribution < 1.29 is 4.79 Å². The fourth-order valence-electron chi connectivity index (χ4n) is 0.972. The lowest BCUT2D eigenvalue weighted by Gasteiger charge is -2.06. The minimum absolute atomic E-state index is 0.232. The molecule has 5 nitrogen and oxygen atoms in total. The molecule has 0 aliphatic carbocycles. The number of aromatic nitrogens is 1. The summed E-state index contributed by atoms with van der Waals surface area (Å²) in [5.74, 6) is 6.36. The molecule has 1 aromatic rings. The molecule has 0 saturated heterocycles. The number of thiazole rings is 1. The van der Waals surface area contributed by atoms with Crippen LogP contribution in [0.25, 0.3) is 0 Å². The molecule has 0 radical (unpaired) electrons. The zero-order valence-corrected chi connectivity index (χ0v) is 10.7. The maximum atomic E-state index is 11.1. The molecule has 0 aromatic carbocycles. The molecule has 0 spiro atoms. The van der Waals surface area contributed by atoms with Gasteiger partial charge in [-0.05, 0) is 6.42 Å². The quantitative estimate of drug-likeness (QED) is 0.398. The van der Waals surface area contributed by atoms with Gasteiger partial charge in [-0.2, -0.15) is 11.8 Å². The number of thioether (sulfide) groups is 1. The van der Waals surface area contributed by atoms with Gasteiger partial charge in [-0.1, -0.05) is 6.92 Å². The third-order valence-corrected chi connectivity index (χ3v) is 4.04. The average Bonchev–Trinajstić information content (AvgIpc) is 2.76. The molecular weight excluding hydrogens is 244 g/mol. The highest BCUT2D eigenvalue weighted by molar-refractivity contribution is 7.98. The van der Waals surface area contributed by atoms with E-state index in [1.165, 1.54) is 11.3 Å². The van der Waals surface area contributed by atoms with Crippen LogP contribution in [0.3, 0.4) is 0 Å². The molecule has 1 heterocycles. The topological polar surface area (TPSA) is 94.0 Å². The monoisotopic (exact) mass is 260 g/mol. The highest BCUT2D eigenvalue weighted by atomic mass is 32.2. The summed E-state index contributed by atoms with van der Waals surface area (Å²) in [6.07, 6.45) is 0.977. The third-order valence-electron chi connectivity index (χ3n) is 1.98. The largest absolute Gasteiger partial charge is 0.327 e. The van der Waals surface area contributed by atoms with Crippen molar-refractivity contribution in [2.45, 2.75) is 25.1 Å². The lowest BCUT2D eigenvalue weighted by molar-refractivity contribution is 0.0953. The van der Waals surface area contributed by atoms with Crippen LogP contribution in [0.2, 0.25) is 0 Å². The highest BCUT2D eigenvalue weighted by Gasteiger charge is 2.09. The first-order valence-electron chi connectivity index (χ1n) is 4.96. The van der Waals surface area contributed by atoms with Gasteiger partial charge in [0.05, 0.1) is 5.69 Å². The van der Waals surface area contributed by atoms with Crippen LogP contribution in [0.15, 0.2) is 5.38 Å². The summed E-state index contributed by atoms with van der Waals surface area (Å²) in [6.45, 7) is 2.07. The molecule has 0 saturated carbocycles. The van der Waals surface area contributed by atoms with E-state index in [4.69, 9.17) is 11.6 Å². The van der Waals surface area contributed by atoms with Gasteiger partial charge in [0.25, 0.3) is 5.91 Å². The van der Waals surface area contributed by atoms with Gasteiger partial charge in [-0.15, -0.1) is 11.3 Å². The van der Waals surface area contributed by atoms with E-state index in [0.717, 1.165) is 23.6 Å². The SMILES string of the molecule is CCC(N)CSCc1csc(C(=O)NN)n1. The molecule has 90 valence electrons. The van der Waals surface area contributed by atoms with E-state index >= 15 is 0 Å². The number of nitrogens with one attached hydrogen (secondary N) is 1. The van der Waals surface area contributed by atoms with Gasteiger partial charge in [0, 0.05) is 22.9 Å². The Balaban J connectivity index is 2.38. The van der Waals surface area contributed by atoms with E-state index in [-0.39, 0.29) is 11.9 Å². The van der Waals surface area contributed by atoms with Crippen molar-refractivity contribution in [3.05, 3.63) is 16.1 Å². The second kappa shape index (κ2) is 6.85. The Hall–Kier alpha value is -0.630. The van der Waals surface area contributed by atoms with E-state index in [1.807, 2.05) is 5.38 Å². The van der Waals surface area contributed by atoms with Crippen LogP contribution in [-0.2, 0) is 5.75 Å². The first-order valence-corrected chi connectivity index (χ1v) is 6.99. The summed E-state index contributed by atoms with van der Waals surface area (Å²) in [6, 6.07) is 0.232. The van der Waals surface area contributed by atoms with Crippen LogP contribution < -0.4 is 17.0 Å². The van der Waals surface area contributed by atoms with E-state index in [1.54, 1.807) is 11.8 Å². The molecule has 0 aliphatic rings. The lowest BCUT2D eigenvalue weighted by Crippen LogP contribution is -2.29. The van der Waals surface area contributed by atoms with Crippen LogP contribution >= 0.6 is 23.1 Å². The lowest BCUT2D eigenvalue weighted by atomic mass is 10.3. The molecular formula is C9H16N4OS2. The smallest absolute Gasteiger partial charge is 0.294 e. The zero-order chi connectivity index (χ0) is 12.0. The van der Waals surface area contributed by atoms with Crippen molar-refractivity contribution in [3.8, 4) is 0 Å². The van der Waals surface area contributed by atoms with Gasteiger partial charge in [0.2, 0.25) is 0 Å². The molecule has 7 heteroatoms. The Morgan fingerprint density at radius 2 is 2.50 bits per heavy atom. The fraction of sp³-hybridized carbons (Fsp3) is 0.556. The molecule has 0 bridgehead atoms. The maximum Gasteiger partial charge on any atom is 0.294 e. The van der Waals surface area contributed by atoms with Crippen LogP contribution in [-0.4, -0.2) is 22.7 Å². The van der Waals surface area contributed by atoms with Crippen molar-refractivity contribution in [2.24, 2.45) is 11.6 Å². The second-order valence-electron chi connectivity index (χ2n) is 3.30. The Morgan fingerprint density at radius 1 is 1.75 bits per heavy atom. The summed E-state index contributed by atoms with van der Waals surface area (Å²) in [4.78, 5) is 15.3. The van der Waals surface area contributed by atoms with E-state index in [9.17, 15) is 4.79 Å². The molecule has 5 N–H and O–H groups in total. The van der Waals surface area contributed by atoms with Crippen LogP contribution in [0, 0.1) is 0 Å². The number of hydrazine groups is 1. The average molecular weight is 260 g/mol. The fourth-order valence-corrected chi connectivity index (χ4v) is 2.81. The number of hydrogen-bond donors (Lipinski definition) is 3. The highest BCUT2D eigenvalue weighted by Crippen LogP contribution is 2.16. The summed E-state index contributed by atoms with van der Waals surface area (Å²) in [5, 5.41) is 2.27.